The van der Waals surface area contributed by atoms with E-state index in [9.17, 15) is 4.79 Å². The van der Waals surface area contributed by atoms with E-state index in [1.807, 2.05) is 0 Å². The number of rotatable bonds is 4. The first-order valence-corrected chi connectivity index (χ1v) is 7.77. The van der Waals surface area contributed by atoms with Gasteiger partial charge in [0.15, 0.2) is 0 Å². The second kappa shape index (κ2) is 7.14. The summed E-state index contributed by atoms with van der Waals surface area (Å²) in [6.07, 6.45) is 6.88. The van der Waals surface area contributed by atoms with Crippen molar-refractivity contribution in [2.24, 2.45) is 23.7 Å². The molecule has 3 atom stereocenters. The largest absolute Gasteiger partial charge is 0.508 e. The Morgan fingerprint density at radius 1 is 1.25 bits per heavy atom. The van der Waals surface area contributed by atoms with Crippen LogP contribution >= 0.6 is 0 Å². The second-order valence-corrected chi connectivity index (χ2v) is 6.85. The van der Waals surface area contributed by atoms with Gasteiger partial charge in [-0.1, -0.05) is 47.1 Å². The van der Waals surface area contributed by atoms with Crippen LogP contribution in [0.15, 0.2) is 12.2 Å². The summed E-state index contributed by atoms with van der Waals surface area (Å²) in [5.41, 5.74) is -0.511. The predicted molar refractivity (Wildman–Crippen MR) is 81.5 cm³/mol. The van der Waals surface area contributed by atoms with Gasteiger partial charge in [-0.2, -0.15) is 0 Å². The molecule has 0 amide bonds. The summed E-state index contributed by atoms with van der Waals surface area (Å²) in [5.74, 6) is 1.83. The number of ether oxygens (including phenoxy) is 2. The quantitative estimate of drug-likeness (QED) is 0.548. The molecule has 0 N–H and O–H groups in total. The number of allylic oxidation sites excluding steroid dienone is 1. The summed E-state index contributed by atoms with van der Waals surface area (Å²) in [5, 5.41) is 0. The van der Waals surface area contributed by atoms with Crippen molar-refractivity contribution in [1.29, 1.82) is 0 Å². The van der Waals surface area contributed by atoms with Gasteiger partial charge in [0.25, 0.3) is 0 Å². The van der Waals surface area contributed by atoms with Crippen LogP contribution in [0.25, 0.3) is 0 Å². The van der Waals surface area contributed by atoms with Crippen molar-refractivity contribution in [3.05, 3.63) is 12.2 Å². The van der Waals surface area contributed by atoms with Gasteiger partial charge < -0.3 is 9.47 Å². The fourth-order valence-electron chi connectivity index (χ4n) is 3.30. The minimum atomic E-state index is -0.571. The Balaban J connectivity index is 3.11. The van der Waals surface area contributed by atoms with E-state index >= 15 is 0 Å². The van der Waals surface area contributed by atoms with Gasteiger partial charge in [-0.15, -0.1) is 0 Å². The Hall–Kier alpha value is -0.990. The Morgan fingerprint density at radius 3 is 2.40 bits per heavy atom. The average molecular weight is 282 g/mol. The summed E-state index contributed by atoms with van der Waals surface area (Å²) in [4.78, 5) is 11.7. The van der Waals surface area contributed by atoms with Gasteiger partial charge in [-0.05, 0) is 36.7 Å². The van der Waals surface area contributed by atoms with Crippen LogP contribution in [0.2, 0.25) is 0 Å². The van der Waals surface area contributed by atoms with E-state index in [0.717, 1.165) is 12.8 Å². The van der Waals surface area contributed by atoms with Crippen molar-refractivity contribution in [2.75, 3.05) is 7.11 Å². The highest BCUT2D eigenvalue weighted by Gasteiger charge is 2.46. The fourth-order valence-corrected chi connectivity index (χ4v) is 3.30. The van der Waals surface area contributed by atoms with Crippen LogP contribution in [0.5, 0.6) is 0 Å². The number of hydrogen-bond donors (Lipinski definition) is 0. The van der Waals surface area contributed by atoms with Gasteiger partial charge >= 0.3 is 6.16 Å². The lowest BCUT2D eigenvalue weighted by Crippen LogP contribution is -2.47. The topological polar surface area (TPSA) is 35.5 Å². The zero-order valence-corrected chi connectivity index (χ0v) is 13.8. The smallest absolute Gasteiger partial charge is 0.438 e. The Labute approximate surface area is 123 Å². The molecule has 0 aliphatic heterocycles. The lowest BCUT2D eigenvalue weighted by molar-refractivity contribution is -0.0754. The molecule has 0 aromatic rings. The van der Waals surface area contributed by atoms with Gasteiger partial charge in [0.2, 0.25) is 0 Å². The molecule has 0 unspecified atom stereocenters. The van der Waals surface area contributed by atoms with Crippen LogP contribution in [0, 0.1) is 23.7 Å². The molecule has 0 heterocycles. The fraction of sp³-hybridized carbons (Fsp3) is 0.824. The molecule has 0 aromatic carbocycles. The molecule has 0 bridgehead atoms. The maximum atomic E-state index is 11.7. The number of carbonyl (C=O) groups is 1. The third-order valence-corrected chi connectivity index (χ3v) is 4.27. The highest BCUT2D eigenvalue weighted by Crippen LogP contribution is 2.44. The van der Waals surface area contributed by atoms with Crippen molar-refractivity contribution in [3.8, 4) is 0 Å². The molecule has 0 radical (unpaired) electrons. The first kappa shape index (κ1) is 17.1. The number of hydrogen-bond acceptors (Lipinski definition) is 3. The van der Waals surface area contributed by atoms with Crippen LogP contribution in [0.3, 0.4) is 0 Å². The normalized spacial score (nSPS) is 31.0. The van der Waals surface area contributed by atoms with E-state index in [1.54, 1.807) is 0 Å². The molecule has 20 heavy (non-hydrogen) atoms. The van der Waals surface area contributed by atoms with Crippen LogP contribution in [0.4, 0.5) is 4.79 Å². The van der Waals surface area contributed by atoms with Crippen molar-refractivity contribution < 1.29 is 14.3 Å². The maximum Gasteiger partial charge on any atom is 0.508 e. The Kier molecular flexibility index (Phi) is 6.09. The summed E-state index contributed by atoms with van der Waals surface area (Å²) in [6, 6.07) is 0. The molecule has 1 rings (SSSR count). The minimum absolute atomic E-state index is 0.354. The van der Waals surface area contributed by atoms with Crippen LogP contribution in [0.1, 0.15) is 53.9 Å². The minimum Gasteiger partial charge on any atom is -0.438 e. The molecule has 0 aromatic heterocycles. The highest BCUT2D eigenvalue weighted by molar-refractivity contribution is 5.60. The zero-order valence-electron chi connectivity index (χ0n) is 13.8. The van der Waals surface area contributed by atoms with Crippen molar-refractivity contribution >= 4 is 6.16 Å². The first-order chi connectivity index (χ1) is 9.30. The van der Waals surface area contributed by atoms with E-state index in [-0.39, 0.29) is 0 Å². The molecular weight excluding hydrogens is 252 g/mol. The lowest BCUT2D eigenvalue weighted by Gasteiger charge is -2.45. The summed E-state index contributed by atoms with van der Waals surface area (Å²) < 4.78 is 10.5. The average Bonchev–Trinajstić information content (AvgIpc) is 2.36. The molecule has 116 valence electrons. The van der Waals surface area contributed by atoms with Gasteiger partial charge in [-0.3, -0.25) is 0 Å². The summed E-state index contributed by atoms with van der Waals surface area (Å²) in [7, 11) is 1.37. The molecule has 1 aliphatic rings. The Bertz CT molecular complexity index is 346. The Morgan fingerprint density at radius 2 is 1.90 bits per heavy atom. The van der Waals surface area contributed by atoms with Gasteiger partial charge in [0.05, 0.1) is 7.11 Å². The van der Waals surface area contributed by atoms with E-state index in [1.165, 1.54) is 13.5 Å². The van der Waals surface area contributed by atoms with E-state index < -0.39 is 11.8 Å². The van der Waals surface area contributed by atoms with Gasteiger partial charge in [0.1, 0.15) is 5.60 Å². The van der Waals surface area contributed by atoms with Crippen molar-refractivity contribution in [3.63, 3.8) is 0 Å². The first-order valence-electron chi connectivity index (χ1n) is 7.77. The van der Waals surface area contributed by atoms with E-state index in [4.69, 9.17) is 9.47 Å². The molecular formula is C17H30O3. The standard InChI is InChI=1S/C17H30O3/c1-12(2)9-10-17(20-16(18)19-6)11-14(5)7-8-15(17)13(3)4/h9-10,12-15H,7-8,11H2,1-6H3/b10-9+/t14-,15+,17+/m0/s1. The lowest BCUT2D eigenvalue weighted by atomic mass is 9.66. The maximum absolute atomic E-state index is 11.7. The molecule has 0 saturated heterocycles. The third kappa shape index (κ3) is 4.26. The molecule has 1 saturated carbocycles. The molecule has 3 heteroatoms. The molecule has 0 spiro atoms. The summed E-state index contributed by atoms with van der Waals surface area (Å²) in [6.45, 7) is 10.9. The van der Waals surface area contributed by atoms with Gasteiger partial charge in [0, 0.05) is 5.92 Å². The highest BCUT2D eigenvalue weighted by atomic mass is 16.7. The van der Waals surface area contributed by atoms with Crippen LogP contribution in [-0.2, 0) is 9.47 Å². The number of methoxy groups -OCH3 is 1. The SMILES string of the molecule is COC(=O)O[C@]1(/C=C/C(C)C)C[C@@H](C)CC[C@@H]1C(C)C. The van der Waals surface area contributed by atoms with Crippen LogP contribution < -0.4 is 0 Å². The molecule has 1 aliphatic carbocycles. The van der Waals surface area contributed by atoms with Crippen molar-refractivity contribution in [2.45, 2.75) is 59.5 Å². The summed E-state index contributed by atoms with van der Waals surface area (Å²) >= 11 is 0. The predicted octanol–water partition coefficient (Wildman–Crippen LogP) is 4.81. The second-order valence-electron chi connectivity index (χ2n) is 6.85. The molecule has 1 fully saturated rings. The van der Waals surface area contributed by atoms with Crippen molar-refractivity contribution in [1.82, 2.24) is 0 Å². The third-order valence-electron chi connectivity index (χ3n) is 4.27. The molecule has 3 nitrogen and oxygen atoms in total. The van der Waals surface area contributed by atoms with E-state index in [2.05, 4.69) is 46.8 Å². The zero-order chi connectivity index (χ0) is 15.3. The monoisotopic (exact) mass is 282 g/mol. The van der Waals surface area contributed by atoms with Crippen LogP contribution in [-0.4, -0.2) is 18.9 Å². The van der Waals surface area contributed by atoms with Gasteiger partial charge in [-0.25, -0.2) is 4.79 Å². The van der Waals surface area contributed by atoms with E-state index in [0.29, 0.717) is 23.7 Å². The number of carbonyl (C=O) groups excluding carboxylic acids is 1.